The van der Waals surface area contributed by atoms with Crippen LogP contribution in [-0.2, 0) is 11.2 Å². The maximum Gasteiger partial charge on any atom is 0.269 e. The molecule has 3 aromatic rings. The van der Waals surface area contributed by atoms with Crippen molar-refractivity contribution in [2.45, 2.75) is 25.3 Å². The van der Waals surface area contributed by atoms with E-state index >= 15 is 0 Å². The quantitative estimate of drug-likeness (QED) is 0.524. The first-order chi connectivity index (χ1) is 13.1. The molecular formula is C21H21N3O2S. The monoisotopic (exact) mass is 379 g/mol. The lowest BCUT2D eigenvalue weighted by atomic mass is 10.1. The lowest BCUT2D eigenvalue weighted by molar-refractivity contribution is -0.119. The third-order valence-corrected chi connectivity index (χ3v) is 5.19. The number of benzene rings is 2. The van der Waals surface area contributed by atoms with Gasteiger partial charge in [-0.1, -0.05) is 55.1 Å². The summed E-state index contributed by atoms with van der Waals surface area (Å²) in [7, 11) is 0. The highest BCUT2D eigenvalue weighted by molar-refractivity contribution is 7.99. The van der Waals surface area contributed by atoms with Crippen LogP contribution in [0.15, 0.2) is 59.6 Å². The van der Waals surface area contributed by atoms with E-state index in [2.05, 4.69) is 29.9 Å². The van der Waals surface area contributed by atoms with Gasteiger partial charge in [-0.25, -0.2) is 4.98 Å². The number of pyridine rings is 1. The fourth-order valence-corrected chi connectivity index (χ4v) is 3.59. The van der Waals surface area contributed by atoms with Crippen molar-refractivity contribution >= 4 is 34.5 Å². The Morgan fingerprint density at radius 1 is 1.04 bits per heavy atom. The highest BCUT2D eigenvalue weighted by atomic mass is 32.2. The maximum absolute atomic E-state index is 12.1. The van der Waals surface area contributed by atoms with Gasteiger partial charge in [-0.2, -0.15) is 0 Å². The lowest BCUT2D eigenvalue weighted by Gasteiger charge is -2.11. The number of carbonyl (C=O) groups is 2. The van der Waals surface area contributed by atoms with E-state index in [1.807, 2.05) is 25.1 Å². The number of amides is 2. The van der Waals surface area contributed by atoms with Gasteiger partial charge in [0.25, 0.3) is 5.91 Å². The molecule has 2 amide bonds. The molecule has 6 heteroatoms. The number of carbonyl (C=O) groups excluding carboxylic acids is 2. The van der Waals surface area contributed by atoms with Crippen LogP contribution in [-0.4, -0.2) is 22.6 Å². The van der Waals surface area contributed by atoms with Crippen molar-refractivity contribution in [3.05, 3.63) is 71.3 Å². The Hall–Kier alpha value is -2.86. The minimum Gasteiger partial charge on any atom is -0.272 e. The zero-order valence-electron chi connectivity index (χ0n) is 15.3. The summed E-state index contributed by atoms with van der Waals surface area (Å²) in [5.41, 5.74) is 8.54. The van der Waals surface area contributed by atoms with Crippen molar-refractivity contribution in [3.8, 4) is 0 Å². The van der Waals surface area contributed by atoms with Crippen molar-refractivity contribution in [3.63, 3.8) is 0 Å². The van der Waals surface area contributed by atoms with Crippen LogP contribution in [0.4, 0.5) is 0 Å². The van der Waals surface area contributed by atoms with E-state index in [0.29, 0.717) is 5.56 Å². The summed E-state index contributed by atoms with van der Waals surface area (Å²) in [6.45, 7) is 4.10. The second kappa shape index (κ2) is 8.68. The number of nitrogens with one attached hydrogen (secondary N) is 2. The number of aryl methyl sites for hydroxylation is 2. The molecule has 0 aliphatic rings. The van der Waals surface area contributed by atoms with Crippen LogP contribution in [0, 0.1) is 6.92 Å². The van der Waals surface area contributed by atoms with Crippen LogP contribution in [0.5, 0.6) is 0 Å². The molecule has 27 heavy (non-hydrogen) atoms. The highest BCUT2D eigenvalue weighted by Gasteiger charge is 2.11. The Bertz CT molecular complexity index is 974. The van der Waals surface area contributed by atoms with Crippen molar-refractivity contribution in [1.29, 1.82) is 0 Å². The molecule has 0 aliphatic heterocycles. The third-order valence-electron chi connectivity index (χ3n) is 4.16. The number of hydrogen-bond acceptors (Lipinski definition) is 4. The Labute approximate surface area is 162 Å². The summed E-state index contributed by atoms with van der Waals surface area (Å²) in [6, 6.07) is 17.0. The van der Waals surface area contributed by atoms with Crippen molar-refractivity contribution < 1.29 is 9.59 Å². The molecule has 2 aromatic carbocycles. The minimum absolute atomic E-state index is 0.173. The Morgan fingerprint density at radius 3 is 2.56 bits per heavy atom. The SMILES string of the molecule is CCc1cc2cccc(C)c2nc1SCC(=O)NNC(=O)c1ccccc1. The van der Waals surface area contributed by atoms with Crippen LogP contribution >= 0.6 is 11.8 Å². The number of para-hydroxylation sites is 1. The van der Waals surface area contributed by atoms with Crippen molar-refractivity contribution in [2.24, 2.45) is 0 Å². The summed E-state index contributed by atoms with van der Waals surface area (Å²) in [4.78, 5) is 28.8. The fraction of sp³-hybridized carbons (Fsp3) is 0.190. The number of rotatable bonds is 5. The molecule has 0 spiro atoms. The van der Waals surface area contributed by atoms with Gasteiger partial charge in [0.2, 0.25) is 5.91 Å². The lowest BCUT2D eigenvalue weighted by Crippen LogP contribution is -2.42. The van der Waals surface area contributed by atoms with Gasteiger partial charge in [0.15, 0.2) is 0 Å². The van der Waals surface area contributed by atoms with Gasteiger partial charge in [0, 0.05) is 10.9 Å². The highest BCUT2D eigenvalue weighted by Crippen LogP contribution is 2.26. The van der Waals surface area contributed by atoms with E-state index in [1.165, 1.54) is 11.8 Å². The van der Waals surface area contributed by atoms with Gasteiger partial charge in [-0.15, -0.1) is 0 Å². The van der Waals surface area contributed by atoms with E-state index in [0.717, 1.165) is 33.5 Å². The van der Waals surface area contributed by atoms with Gasteiger partial charge in [0.1, 0.15) is 5.03 Å². The topological polar surface area (TPSA) is 71.1 Å². The van der Waals surface area contributed by atoms with E-state index in [1.54, 1.807) is 24.3 Å². The summed E-state index contributed by atoms with van der Waals surface area (Å²) in [6.07, 6.45) is 0.839. The standard InChI is InChI=1S/C21H21N3O2S/c1-3-15-12-17-11-7-8-14(2)19(17)22-21(15)27-13-18(25)23-24-20(26)16-9-5-4-6-10-16/h4-12H,3,13H2,1-2H3,(H,23,25)(H,24,26). The average Bonchev–Trinajstić information content (AvgIpc) is 2.70. The van der Waals surface area contributed by atoms with Gasteiger partial charge in [0.05, 0.1) is 11.3 Å². The summed E-state index contributed by atoms with van der Waals surface area (Å²) < 4.78 is 0. The molecule has 0 saturated heterocycles. The van der Waals surface area contributed by atoms with Gasteiger partial charge >= 0.3 is 0 Å². The van der Waals surface area contributed by atoms with Crippen LogP contribution in [0.2, 0.25) is 0 Å². The largest absolute Gasteiger partial charge is 0.272 e. The maximum atomic E-state index is 12.1. The molecule has 1 heterocycles. The predicted octanol–water partition coefficient (Wildman–Crippen LogP) is 3.66. The number of thioether (sulfide) groups is 1. The number of hydrazine groups is 1. The first kappa shape index (κ1) is 18.9. The van der Waals surface area contributed by atoms with Crippen molar-refractivity contribution in [2.75, 3.05) is 5.75 Å². The van der Waals surface area contributed by atoms with E-state index < -0.39 is 0 Å². The fourth-order valence-electron chi connectivity index (χ4n) is 2.71. The van der Waals surface area contributed by atoms with Crippen LogP contribution in [0.1, 0.15) is 28.4 Å². The molecule has 0 saturated carbocycles. The zero-order valence-corrected chi connectivity index (χ0v) is 16.1. The molecule has 0 bridgehead atoms. The summed E-state index contributed by atoms with van der Waals surface area (Å²) >= 11 is 1.38. The van der Waals surface area contributed by atoms with E-state index in [-0.39, 0.29) is 17.6 Å². The average molecular weight is 379 g/mol. The molecule has 1 aromatic heterocycles. The Kier molecular flexibility index (Phi) is 6.08. The molecule has 0 aliphatic carbocycles. The first-order valence-corrected chi connectivity index (χ1v) is 9.73. The smallest absolute Gasteiger partial charge is 0.269 e. The molecule has 0 unspecified atom stereocenters. The number of fused-ring (bicyclic) bond motifs is 1. The van der Waals surface area contributed by atoms with Gasteiger partial charge in [-0.3, -0.25) is 20.4 Å². The van der Waals surface area contributed by atoms with E-state index in [9.17, 15) is 9.59 Å². The molecule has 0 atom stereocenters. The first-order valence-electron chi connectivity index (χ1n) is 8.74. The summed E-state index contributed by atoms with van der Waals surface area (Å²) in [5, 5.41) is 1.96. The summed E-state index contributed by atoms with van der Waals surface area (Å²) in [5.74, 6) is -0.451. The molecule has 5 nitrogen and oxygen atoms in total. The minimum atomic E-state index is -0.345. The third kappa shape index (κ3) is 4.65. The second-order valence-corrected chi connectivity index (χ2v) is 7.07. The van der Waals surface area contributed by atoms with Crippen LogP contribution < -0.4 is 10.9 Å². The molecule has 0 fully saturated rings. The molecule has 2 N–H and O–H groups in total. The van der Waals surface area contributed by atoms with Crippen LogP contribution in [0.25, 0.3) is 10.9 Å². The van der Waals surface area contributed by atoms with Crippen LogP contribution in [0.3, 0.4) is 0 Å². The van der Waals surface area contributed by atoms with Gasteiger partial charge in [-0.05, 0) is 42.7 Å². The Morgan fingerprint density at radius 2 is 1.81 bits per heavy atom. The predicted molar refractivity (Wildman–Crippen MR) is 109 cm³/mol. The van der Waals surface area contributed by atoms with Crippen molar-refractivity contribution in [1.82, 2.24) is 15.8 Å². The number of nitrogens with zero attached hydrogens (tertiary/aromatic N) is 1. The number of aromatic nitrogens is 1. The molecule has 0 radical (unpaired) electrons. The zero-order chi connectivity index (χ0) is 19.2. The normalized spacial score (nSPS) is 10.6. The molecule has 3 rings (SSSR count). The van der Waals surface area contributed by atoms with E-state index in [4.69, 9.17) is 4.98 Å². The Balaban J connectivity index is 1.63. The number of hydrogen-bond donors (Lipinski definition) is 2. The molecular weight excluding hydrogens is 358 g/mol. The van der Waals surface area contributed by atoms with Gasteiger partial charge < -0.3 is 0 Å². The second-order valence-electron chi connectivity index (χ2n) is 6.11. The molecule has 138 valence electrons.